The summed E-state index contributed by atoms with van der Waals surface area (Å²) in [5.74, 6) is -1.03. The Morgan fingerprint density at radius 3 is 3.00 bits per heavy atom. The molecule has 1 aromatic carbocycles. The highest BCUT2D eigenvalue weighted by molar-refractivity contribution is 5.70. The number of ether oxygens (including phenoxy) is 3. The van der Waals surface area contributed by atoms with Gasteiger partial charge >= 0.3 is 5.97 Å². The van der Waals surface area contributed by atoms with Crippen molar-refractivity contribution >= 4 is 5.97 Å². The van der Waals surface area contributed by atoms with E-state index in [0.29, 0.717) is 6.61 Å². The second-order valence-corrected chi connectivity index (χ2v) is 3.43. The Hall–Kier alpha value is -1.62. The van der Waals surface area contributed by atoms with Crippen molar-refractivity contribution in [3.63, 3.8) is 0 Å². The van der Waals surface area contributed by atoms with Crippen LogP contribution >= 0.6 is 0 Å². The lowest BCUT2D eigenvalue weighted by atomic mass is 10.3. The van der Waals surface area contributed by atoms with Gasteiger partial charge in [0.1, 0.15) is 12.7 Å². The van der Waals surface area contributed by atoms with Crippen LogP contribution in [0.1, 0.15) is 6.92 Å². The zero-order valence-corrected chi connectivity index (χ0v) is 8.73. The fourth-order valence-corrected chi connectivity index (χ4v) is 1.20. The van der Waals surface area contributed by atoms with Crippen LogP contribution in [0.3, 0.4) is 0 Å². The molecule has 16 heavy (non-hydrogen) atoms. The molecule has 1 aromatic rings. The number of hydrogen-bond donors (Lipinski definition) is 0. The van der Waals surface area contributed by atoms with Crippen molar-refractivity contribution in [2.24, 2.45) is 0 Å². The molecular formula is C11H11FO4. The van der Waals surface area contributed by atoms with Crippen LogP contribution in [0.15, 0.2) is 18.2 Å². The molecule has 5 heteroatoms. The molecule has 1 saturated heterocycles. The smallest absolute Gasteiger partial charge is 0.308 e. The first kappa shape index (κ1) is 10.9. The van der Waals surface area contributed by atoms with Crippen molar-refractivity contribution in [2.75, 3.05) is 13.2 Å². The first-order chi connectivity index (χ1) is 7.66. The number of esters is 1. The second kappa shape index (κ2) is 4.49. The van der Waals surface area contributed by atoms with Crippen LogP contribution in [0.4, 0.5) is 4.39 Å². The van der Waals surface area contributed by atoms with Crippen molar-refractivity contribution in [3.8, 4) is 11.5 Å². The average molecular weight is 226 g/mol. The van der Waals surface area contributed by atoms with Gasteiger partial charge in [-0.05, 0) is 12.1 Å². The standard InChI is InChI=1S/C11H11FO4/c1-7(13)16-10-4-2-3-9(12)11(10)15-6-8-5-14-8/h2-4,8H,5-6H2,1H3/t8-/m1/s1. The van der Waals surface area contributed by atoms with Crippen molar-refractivity contribution < 1.29 is 23.4 Å². The second-order valence-electron chi connectivity index (χ2n) is 3.43. The maximum Gasteiger partial charge on any atom is 0.308 e. The number of halogens is 1. The first-order valence-electron chi connectivity index (χ1n) is 4.88. The predicted molar refractivity (Wildman–Crippen MR) is 52.9 cm³/mol. The number of benzene rings is 1. The van der Waals surface area contributed by atoms with Gasteiger partial charge in [-0.3, -0.25) is 4.79 Å². The van der Waals surface area contributed by atoms with E-state index in [1.807, 2.05) is 0 Å². The minimum Gasteiger partial charge on any atom is -0.484 e. The molecule has 0 amide bonds. The summed E-state index contributed by atoms with van der Waals surface area (Å²) < 4.78 is 28.4. The van der Waals surface area contributed by atoms with Gasteiger partial charge in [-0.15, -0.1) is 0 Å². The first-order valence-corrected chi connectivity index (χ1v) is 4.88. The Morgan fingerprint density at radius 1 is 1.62 bits per heavy atom. The molecule has 1 atom stereocenters. The molecule has 4 nitrogen and oxygen atoms in total. The summed E-state index contributed by atoms with van der Waals surface area (Å²) in [6.45, 7) is 2.13. The highest BCUT2D eigenvalue weighted by Crippen LogP contribution is 2.30. The number of epoxide rings is 1. The Bertz CT molecular complexity index is 401. The van der Waals surface area contributed by atoms with Crippen molar-refractivity contribution in [3.05, 3.63) is 24.0 Å². The van der Waals surface area contributed by atoms with E-state index in [1.165, 1.54) is 25.1 Å². The lowest BCUT2D eigenvalue weighted by Gasteiger charge is -2.10. The Morgan fingerprint density at radius 2 is 2.38 bits per heavy atom. The van der Waals surface area contributed by atoms with Gasteiger partial charge in [0.25, 0.3) is 0 Å². The van der Waals surface area contributed by atoms with Crippen molar-refractivity contribution in [2.45, 2.75) is 13.0 Å². The van der Waals surface area contributed by atoms with Crippen molar-refractivity contribution in [1.29, 1.82) is 0 Å². The lowest BCUT2D eigenvalue weighted by molar-refractivity contribution is -0.132. The quantitative estimate of drug-likeness (QED) is 0.443. The minimum absolute atomic E-state index is 0.0183. The van der Waals surface area contributed by atoms with Gasteiger partial charge < -0.3 is 14.2 Å². The van der Waals surface area contributed by atoms with Crippen LogP contribution in [0.5, 0.6) is 11.5 Å². The van der Waals surface area contributed by atoms with Crippen LogP contribution in [0.25, 0.3) is 0 Å². The van der Waals surface area contributed by atoms with Crippen LogP contribution in [0, 0.1) is 5.82 Å². The topological polar surface area (TPSA) is 48.1 Å². The van der Waals surface area contributed by atoms with E-state index in [9.17, 15) is 9.18 Å². The van der Waals surface area contributed by atoms with E-state index < -0.39 is 11.8 Å². The largest absolute Gasteiger partial charge is 0.484 e. The molecule has 0 spiro atoms. The fraction of sp³-hybridized carbons (Fsp3) is 0.364. The molecular weight excluding hydrogens is 215 g/mol. The summed E-state index contributed by atoms with van der Waals surface area (Å²) >= 11 is 0. The zero-order chi connectivity index (χ0) is 11.5. The summed E-state index contributed by atoms with van der Waals surface area (Å²) in [5.41, 5.74) is 0. The molecule has 0 aliphatic carbocycles. The van der Waals surface area contributed by atoms with E-state index in [1.54, 1.807) is 0 Å². The zero-order valence-electron chi connectivity index (χ0n) is 8.73. The van der Waals surface area contributed by atoms with Gasteiger partial charge in [0.05, 0.1) is 6.61 Å². The molecule has 1 fully saturated rings. The van der Waals surface area contributed by atoms with E-state index in [-0.39, 0.29) is 24.2 Å². The number of carbonyl (C=O) groups excluding carboxylic acids is 1. The SMILES string of the molecule is CC(=O)Oc1cccc(F)c1OC[C@H]1CO1. The van der Waals surface area contributed by atoms with Crippen LogP contribution in [-0.2, 0) is 9.53 Å². The molecule has 1 aliphatic heterocycles. The summed E-state index contributed by atoms with van der Waals surface area (Å²) in [4.78, 5) is 10.8. The predicted octanol–water partition coefficient (Wildman–Crippen LogP) is 1.53. The molecule has 0 aromatic heterocycles. The Labute approximate surface area is 91.9 Å². The maximum atomic E-state index is 13.4. The molecule has 0 unspecified atom stereocenters. The molecule has 0 saturated carbocycles. The lowest BCUT2D eigenvalue weighted by Crippen LogP contribution is -2.09. The van der Waals surface area contributed by atoms with E-state index in [0.717, 1.165) is 0 Å². The molecule has 0 bridgehead atoms. The monoisotopic (exact) mass is 226 g/mol. The molecule has 2 rings (SSSR count). The number of hydrogen-bond acceptors (Lipinski definition) is 4. The summed E-state index contributed by atoms with van der Waals surface area (Å²) in [5, 5.41) is 0. The molecule has 0 radical (unpaired) electrons. The summed E-state index contributed by atoms with van der Waals surface area (Å²) in [7, 11) is 0. The highest BCUT2D eigenvalue weighted by atomic mass is 19.1. The third-order valence-electron chi connectivity index (χ3n) is 2.00. The summed E-state index contributed by atoms with van der Waals surface area (Å²) in [6.07, 6.45) is 0.0183. The average Bonchev–Trinajstić information content (AvgIpc) is 2.99. The number of carbonyl (C=O) groups is 1. The van der Waals surface area contributed by atoms with Gasteiger partial charge in [-0.25, -0.2) is 4.39 Å². The van der Waals surface area contributed by atoms with E-state index in [4.69, 9.17) is 14.2 Å². The maximum absolute atomic E-state index is 13.4. The Kier molecular flexibility index (Phi) is 3.05. The minimum atomic E-state index is -0.556. The van der Waals surface area contributed by atoms with Gasteiger partial charge in [0.2, 0.25) is 0 Å². The third kappa shape index (κ3) is 2.70. The van der Waals surface area contributed by atoms with Gasteiger partial charge in [0.15, 0.2) is 17.3 Å². The fourth-order valence-electron chi connectivity index (χ4n) is 1.20. The van der Waals surface area contributed by atoms with Gasteiger partial charge in [0, 0.05) is 6.92 Å². The van der Waals surface area contributed by atoms with Gasteiger partial charge in [-0.2, -0.15) is 0 Å². The van der Waals surface area contributed by atoms with E-state index in [2.05, 4.69) is 0 Å². The molecule has 86 valence electrons. The normalized spacial score (nSPS) is 18.0. The molecule has 1 heterocycles. The number of para-hydroxylation sites is 1. The summed E-state index contributed by atoms with van der Waals surface area (Å²) in [6, 6.07) is 4.18. The molecule has 0 N–H and O–H groups in total. The van der Waals surface area contributed by atoms with Crippen LogP contribution in [-0.4, -0.2) is 25.3 Å². The molecule has 1 aliphatic rings. The third-order valence-corrected chi connectivity index (χ3v) is 2.00. The van der Waals surface area contributed by atoms with Crippen molar-refractivity contribution in [1.82, 2.24) is 0 Å². The van der Waals surface area contributed by atoms with E-state index >= 15 is 0 Å². The highest BCUT2D eigenvalue weighted by Gasteiger charge is 2.24. The van der Waals surface area contributed by atoms with Crippen LogP contribution < -0.4 is 9.47 Å². The van der Waals surface area contributed by atoms with Gasteiger partial charge in [-0.1, -0.05) is 6.07 Å². The van der Waals surface area contributed by atoms with Crippen LogP contribution in [0.2, 0.25) is 0 Å². The number of rotatable bonds is 4. The Balaban J connectivity index is 2.13.